The van der Waals surface area contributed by atoms with Crippen LogP contribution >= 0.6 is 0 Å². The third-order valence-corrected chi connectivity index (χ3v) is 6.08. The normalized spacial score (nSPS) is 15.4. The van der Waals surface area contributed by atoms with E-state index < -0.39 is 23.8 Å². The minimum absolute atomic E-state index is 0.261. The molecule has 0 aromatic heterocycles. The Morgan fingerprint density at radius 1 is 0.971 bits per heavy atom. The standard InChI is InChI=1S/C27H27N3O4/c1-17(25(31)28-16-18-9-8-10-19(15-18)34-3)26(32)29-24-22-13-5-4-11-20(22)21-12-6-7-14-23(21)30(2)27(24)33/h4-15,17,24H,16H2,1-3H3,(H,28,31)(H,29,32). The average molecular weight is 458 g/mol. The second-order valence-electron chi connectivity index (χ2n) is 8.23. The van der Waals surface area contributed by atoms with Crippen LogP contribution in [-0.2, 0) is 20.9 Å². The largest absolute Gasteiger partial charge is 0.497 e. The maximum absolute atomic E-state index is 13.4. The van der Waals surface area contributed by atoms with Crippen molar-refractivity contribution in [1.82, 2.24) is 10.6 Å². The third-order valence-electron chi connectivity index (χ3n) is 6.08. The average Bonchev–Trinajstić information content (AvgIpc) is 2.96. The molecule has 4 rings (SSSR count). The van der Waals surface area contributed by atoms with Gasteiger partial charge in [-0.3, -0.25) is 14.4 Å². The van der Waals surface area contributed by atoms with Crippen LogP contribution in [0.15, 0.2) is 72.8 Å². The first kappa shape index (κ1) is 23.0. The number of carbonyl (C=O) groups is 3. The number of fused-ring (bicyclic) bond motifs is 3. The fourth-order valence-corrected chi connectivity index (χ4v) is 4.08. The van der Waals surface area contributed by atoms with E-state index in [9.17, 15) is 14.4 Å². The van der Waals surface area contributed by atoms with Crippen molar-refractivity contribution in [3.8, 4) is 16.9 Å². The number of carbonyl (C=O) groups excluding carboxylic acids is 3. The van der Waals surface area contributed by atoms with E-state index in [0.29, 0.717) is 11.3 Å². The van der Waals surface area contributed by atoms with Crippen molar-refractivity contribution in [2.45, 2.75) is 19.5 Å². The van der Waals surface area contributed by atoms with Crippen molar-refractivity contribution in [3.63, 3.8) is 0 Å². The molecular formula is C27H27N3O4. The van der Waals surface area contributed by atoms with Crippen molar-refractivity contribution in [2.75, 3.05) is 19.1 Å². The van der Waals surface area contributed by atoms with Gasteiger partial charge in [0.05, 0.1) is 12.8 Å². The lowest BCUT2D eigenvalue weighted by molar-refractivity contribution is -0.136. The molecule has 1 aliphatic heterocycles. The molecule has 0 radical (unpaired) electrons. The summed E-state index contributed by atoms with van der Waals surface area (Å²) in [4.78, 5) is 40.7. The van der Waals surface area contributed by atoms with Gasteiger partial charge in [0.15, 0.2) is 0 Å². The number of nitrogens with one attached hydrogen (secondary N) is 2. The first-order chi connectivity index (χ1) is 16.4. The summed E-state index contributed by atoms with van der Waals surface area (Å²) >= 11 is 0. The first-order valence-corrected chi connectivity index (χ1v) is 11.1. The molecule has 0 saturated heterocycles. The smallest absolute Gasteiger partial charge is 0.253 e. The van der Waals surface area contributed by atoms with Gasteiger partial charge in [-0.05, 0) is 41.8 Å². The number of para-hydroxylation sites is 1. The minimum atomic E-state index is -0.985. The van der Waals surface area contributed by atoms with E-state index in [0.717, 1.165) is 22.4 Å². The van der Waals surface area contributed by atoms with Gasteiger partial charge in [-0.2, -0.15) is 0 Å². The Kier molecular flexibility index (Phi) is 6.63. The SMILES string of the molecule is COc1cccc(CNC(=O)C(C)C(=O)NC2C(=O)N(C)c3ccccc3-c3ccccc32)c1. The van der Waals surface area contributed by atoms with Gasteiger partial charge in [-0.1, -0.05) is 54.6 Å². The Morgan fingerprint density at radius 3 is 2.44 bits per heavy atom. The highest BCUT2D eigenvalue weighted by Gasteiger charge is 2.34. The van der Waals surface area contributed by atoms with E-state index in [4.69, 9.17) is 4.74 Å². The monoisotopic (exact) mass is 457 g/mol. The molecule has 2 atom stereocenters. The molecular weight excluding hydrogens is 430 g/mol. The van der Waals surface area contributed by atoms with Crippen molar-refractivity contribution in [3.05, 3.63) is 83.9 Å². The second-order valence-corrected chi connectivity index (χ2v) is 8.23. The zero-order valence-electron chi connectivity index (χ0n) is 19.4. The van der Waals surface area contributed by atoms with Gasteiger partial charge < -0.3 is 20.3 Å². The molecule has 2 N–H and O–H groups in total. The Hall–Kier alpha value is -4.13. The summed E-state index contributed by atoms with van der Waals surface area (Å²) in [5.74, 6) is -1.51. The zero-order valence-corrected chi connectivity index (χ0v) is 19.4. The molecule has 1 heterocycles. The minimum Gasteiger partial charge on any atom is -0.497 e. The molecule has 7 heteroatoms. The van der Waals surface area contributed by atoms with Crippen molar-refractivity contribution >= 4 is 23.4 Å². The summed E-state index contributed by atoms with van der Waals surface area (Å²) in [6.45, 7) is 1.79. The predicted molar refractivity (Wildman–Crippen MR) is 130 cm³/mol. The number of hydrogen-bond donors (Lipinski definition) is 2. The van der Waals surface area contributed by atoms with Gasteiger partial charge in [-0.25, -0.2) is 0 Å². The van der Waals surface area contributed by atoms with Crippen LogP contribution in [0.4, 0.5) is 5.69 Å². The molecule has 34 heavy (non-hydrogen) atoms. The molecule has 7 nitrogen and oxygen atoms in total. The summed E-state index contributed by atoms with van der Waals surface area (Å²) in [7, 11) is 3.27. The van der Waals surface area contributed by atoms with Crippen LogP contribution in [0.25, 0.3) is 11.1 Å². The molecule has 174 valence electrons. The maximum atomic E-state index is 13.4. The van der Waals surface area contributed by atoms with Crippen LogP contribution in [-0.4, -0.2) is 31.9 Å². The summed E-state index contributed by atoms with van der Waals surface area (Å²) in [5, 5.41) is 5.60. The fraction of sp³-hybridized carbons (Fsp3) is 0.222. The number of likely N-dealkylation sites (N-methyl/N-ethyl adjacent to an activating group) is 1. The second kappa shape index (κ2) is 9.79. The number of hydrogen-bond acceptors (Lipinski definition) is 4. The molecule has 3 amide bonds. The molecule has 0 bridgehead atoms. The van der Waals surface area contributed by atoms with Crippen LogP contribution in [0.2, 0.25) is 0 Å². The zero-order chi connectivity index (χ0) is 24.2. The van der Waals surface area contributed by atoms with Crippen LogP contribution in [0.3, 0.4) is 0 Å². The van der Waals surface area contributed by atoms with E-state index in [1.165, 1.54) is 6.92 Å². The molecule has 0 spiro atoms. The Balaban J connectivity index is 1.51. The summed E-state index contributed by atoms with van der Waals surface area (Å²) in [6, 6.07) is 21.6. The van der Waals surface area contributed by atoms with E-state index in [2.05, 4.69) is 10.6 Å². The number of amides is 3. The van der Waals surface area contributed by atoms with Gasteiger partial charge >= 0.3 is 0 Å². The van der Waals surface area contributed by atoms with E-state index in [1.807, 2.05) is 72.8 Å². The molecule has 0 fully saturated rings. The number of nitrogens with zero attached hydrogens (tertiary/aromatic N) is 1. The van der Waals surface area contributed by atoms with Crippen LogP contribution in [0.1, 0.15) is 24.1 Å². The molecule has 0 aliphatic carbocycles. The maximum Gasteiger partial charge on any atom is 0.253 e. The van der Waals surface area contributed by atoms with Crippen molar-refractivity contribution in [2.24, 2.45) is 5.92 Å². The number of rotatable bonds is 6. The number of anilines is 1. The van der Waals surface area contributed by atoms with E-state index in [-0.39, 0.29) is 12.5 Å². The highest BCUT2D eigenvalue weighted by molar-refractivity contribution is 6.07. The lowest BCUT2D eigenvalue weighted by atomic mass is 9.95. The lowest BCUT2D eigenvalue weighted by Crippen LogP contribution is -2.45. The topological polar surface area (TPSA) is 87.7 Å². The van der Waals surface area contributed by atoms with Crippen LogP contribution < -0.4 is 20.3 Å². The van der Waals surface area contributed by atoms with Crippen molar-refractivity contribution < 1.29 is 19.1 Å². The van der Waals surface area contributed by atoms with E-state index >= 15 is 0 Å². The summed E-state index contributed by atoms with van der Waals surface area (Å²) in [6.07, 6.45) is 0. The van der Waals surface area contributed by atoms with Gasteiger partial charge in [0, 0.05) is 19.2 Å². The Labute approximate surface area is 198 Å². The number of methoxy groups -OCH3 is 1. The highest BCUT2D eigenvalue weighted by atomic mass is 16.5. The molecule has 3 aromatic carbocycles. The van der Waals surface area contributed by atoms with Crippen molar-refractivity contribution in [1.29, 1.82) is 0 Å². The Morgan fingerprint density at radius 2 is 1.68 bits per heavy atom. The fourth-order valence-electron chi connectivity index (χ4n) is 4.08. The summed E-state index contributed by atoms with van der Waals surface area (Å²) < 4.78 is 5.20. The van der Waals surface area contributed by atoms with E-state index in [1.54, 1.807) is 19.1 Å². The number of benzene rings is 3. The third kappa shape index (κ3) is 4.50. The Bertz CT molecular complexity index is 1240. The van der Waals surface area contributed by atoms with Crippen LogP contribution in [0, 0.1) is 5.92 Å². The molecule has 0 saturated carbocycles. The van der Waals surface area contributed by atoms with Crippen LogP contribution in [0.5, 0.6) is 5.75 Å². The first-order valence-electron chi connectivity index (χ1n) is 11.1. The molecule has 1 aliphatic rings. The quantitative estimate of drug-likeness (QED) is 0.555. The highest BCUT2D eigenvalue weighted by Crippen LogP contribution is 2.39. The van der Waals surface area contributed by atoms with Gasteiger partial charge in [-0.15, -0.1) is 0 Å². The van der Waals surface area contributed by atoms with Gasteiger partial charge in [0.25, 0.3) is 5.91 Å². The predicted octanol–water partition coefficient (Wildman–Crippen LogP) is 3.45. The molecule has 2 unspecified atom stereocenters. The molecule has 3 aromatic rings. The number of ether oxygens (including phenoxy) is 1. The lowest BCUT2D eigenvalue weighted by Gasteiger charge is -2.24. The summed E-state index contributed by atoms with van der Waals surface area (Å²) in [5.41, 5.74) is 4.10. The van der Waals surface area contributed by atoms with Gasteiger partial charge in [0.1, 0.15) is 17.7 Å². The van der Waals surface area contributed by atoms with Gasteiger partial charge in [0.2, 0.25) is 11.8 Å².